The first-order valence-corrected chi connectivity index (χ1v) is 6.31. The summed E-state index contributed by atoms with van der Waals surface area (Å²) in [5, 5.41) is 9.30. The smallest absolute Gasteiger partial charge is 0.256 e. The molecule has 0 spiro atoms. The van der Waals surface area contributed by atoms with Gasteiger partial charge in [-0.15, -0.1) is 0 Å². The van der Waals surface area contributed by atoms with Gasteiger partial charge in [-0.05, 0) is 37.0 Å². The molecule has 2 aliphatic rings. The number of nitrogens with two attached hydrogens (primary N) is 1. The van der Waals surface area contributed by atoms with Crippen molar-refractivity contribution in [3.63, 3.8) is 0 Å². The van der Waals surface area contributed by atoms with Crippen LogP contribution in [0.2, 0.25) is 0 Å². The van der Waals surface area contributed by atoms with Crippen molar-refractivity contribution in [2.75, 3.05) is 12.3 Å². The maximum Gasteiger partial charge on any atom is 0.256 e. The van der Waals surface area contributed by atoms with E-state index in [0.717, 1.165) is 18.4 Å². The van der Waals surface area contributed by atoms with Crippen LogP contribution in [-0.2, 0) is 0 Å². The topological polar surface area (TPSA) is 83.8 Å². The number of rotatable bonds is 3. The van der Waals surface area contributed by atoms with E-state index < -0.39 is 0 Å². The molecule has 0 aliphatic heterocycles. The number of nitrogen functional groups attached to an aromatic ring is 1. The van der Waals surface area contributed by atoms with Crippen molar-refractivity contribution in [1.82, 2.24) is 15.5 Å². The Hall–Kier alpha value is -1.52. The molecule has 2 aliphatic carbocycles. The number of nitrogens with one attached hydrogen (secondary N) is 2. The normalized spacial score (nSPS) is 30.7. The van der Waals surface area contributed by atoms with Crippen LogP contribution in [0.1, 0.15) is 36.0 Å². The Labute approximate surface area is 100 Å². The number of H-pyrrole nitrogens is 1. The molecular formula is C12H18N4O. The van der Waals surface area contributed by atoms with E-state index in [4.69, 9.17) is 5.73 Å². The minimum atomic E-state index is -0.112. The number of hydrogen-bond acceptors (Lipinski definition) is 3. The fourth-order valence-corrected chi connectivity index (χ4v) is 3.42. The lowest BCUT2D eigenvalue weighted by Crippen LogP contribution is -2.31. The summed E-state index contributed by atoms with van der Waals surface area (Å²) in [4.78, 5) is 11.8. The Morgan fingerprint density at radius 2 is 2.41 bits per heavy atom. The van der Waals surface area contributed by atoms with E-state index in [1.54, 1.807) is 0 Å². The maximum atomic E-state index is 11.8. The van der Waals surface area contributed by atoms with Gasteiger partial charge in [-0.25, -0.2) is 0 Å². The summed E-state index contributed by atoms with van der Waals surface area (Å²) >= 11 is 0. The van der Waals surface area contributed by atoms with Gasteiger partial charge in [-0.2, -0.15) is 5.10 Å². The number of aromatic nitrogens is 2. The summed E-state index contributed by atoms with van der Waals surface area (Å²) in [5.41, 5.74) is 6.06. The quantitative estimate of drug-likeness (QED) is 0.733. The molecule has 1 aromatic heterocycles. The van der Waals surface area contributed by atoms with Gasteiger partial charge in [0.15, 0.2) is 0 Å². The third kappa shape index (κ3) is 1.90. The lowest BCUT2D eigenvalue weighted by molar-refractivity contribution is 0.0942. The number of nitrogens with zero attached hydrogens (tertiary/aromatic N) is 1. The second kappa shape index (κ2) is 4.05. The molecule has 0 radical (unpaired) electrons. The standard InChI is InChI=1S/C12H18N4O/c13-11-10(6-15-16-11)12(17)14-5-9-4-7-1-2-8(9)3-7/h6-9H,1-5H2,(H,14,17)(H3,13,15,16). The molecule has 1 amide bonds. The van der Waals surface area contributed by atoms with Gasteiger partial charge in [0.05, 0.1) is 6.20 Å². The van der Waals surface area contributed by atoms with Gasteiger partial charge in [-0.1, -0.05) is 6.42 Å². The van der Waals surface area contributed by atoms with Crippen LogP contribution in [-0.4, -0.2) is 22.6 Å². The zero-order valence-corrected chi connectivity index (χ0v) is 9.78. The van der Waals surface area contributed by atoms with E-state index in [1.165, 1.54) is 31.9 Å². The Bertz CT molecular complexity index is 428. The van der Waals surface area contributed by atoms with E-state index in [2.05, 4.69) is 15.5 Å². The molecule has 17 heavy (non-hydrogen) atoms. The van der Waals surface area contributed by atoms with Crippen LogP contribution in [0.4, 0.5) is 5.82 Å². The van der Waals surface area contributed by atoms with Crippen molar-refractivity contribution < 1.29 is 4.79 Å². The van der Waals surface area contributed by atoms with Crippen molar-refractivity contribution in [2.45, 2.75) is 25.7 Å². The minimum Gasteiger partial charge on any atom is -0.383 e. The summed E-state index contributed by atoms with van der Waals surface area (Å²) < 4.78 is 0. The molecule has 2 fully saturated rings. The first-order chi connectivity index (χ1) is 8.24. The van der Waals surface area contributed by atoms with Crippen molar-refractivity contribution in [1.29, 1.82) is 0 Å². The Balaban J connectivity index is 1.55. The molecular weight excluding hydrogens is 216 g/mol. The number of hydrogen-bond donors (Lipinski definition) is 3. The SMILES string of the molecule is Nc1[nH]ncc1C(=O)NCC1CC2CCC1C2. The van der Waals surface area contributed by atoms with E-state index in [0.29, 0.717) is 17.3 Å². The zero-order chi connectivity index (χ0) is 11.8. The number of carbonyl (C=O) groups is 1. The molecule has 5 heteroatoms. The highest BCUT2D eigenvalue weighted by atomic mass is 16.1. The number of carbonyl (C=O) groups excluding carboxylic acids is 1. The Morgan fingerprint density at radius 1 is 1.53 bits per heavy atom. The van der Waals surface area contributed by atoms with Crippen LogP contribution < -0.4 is 11.1 Å². The van der Waals surface area contributed by atoms with Crippen LogP contribution in [0, 0.1) is 17.8 Å². The van der Waals surface area contributed by atoms with Crippen molar-refractivity contribution >= 4 is 11.7 Å². The van der Waals surface area contributed by atoms with Gasteiger partial charge in [0, 0.05) is 6.54 Å². The summed E-state index contributed by atoms with van der Waals surface area (Å²) in [7, 11) is 0. The monoisotopic (exact) mass is 234 g/mol. The van der Waals surface area contributed by atoms with Gasteiger partial charge < -0.3 is 11.1 Å². The highest BCUT2D eigenvalue weighted by Crippen LogP contribution is 2.47. The minimum absolute atomic E-state index is 0.112. The second-order valence-corrected chi connectivity index (χ2v) is 5.34. The molecule has 1 heterocycles. The highest BCUT2D eigenvalue weighted by Gasteiger charge is 2.39. The fourth-order valence-electron chi connectivity index (χ4n) is 3.42. The van der Waals surface area contributed by atoms with Gasteiger partial charge in [0.25, 0.3) is 5.91 Å². The fraction of sp³-hybridized carbons (Fsp3) is 0.667. The van der Waals surface area contributed by atoms with Gasteiger partial charge >= 0.3 is 0 Å². The van der Waals surface area contributed by atoms with Crippen LogP contribution in [0.15, 0.2) is 6.20 Å². The average Bonchev–Trinajstić information content (AvgIpc) is 3.01. The van der Waals surface area contributed by atoms with Crippen LogP contribution in [0.3, 0.4) is 0 Å². The number of anilines is 1. The van der Waals surface area contributed by atoms with Crippen LogP contribution in [0.25, 0.3) is 0 Å². The molecule has 2 saturated carbocycles. The Kier molecular flexibility index (Phi) is 2.53. The predicted octanol–water partition coefficient (Wildman–Crippen LogP) is 1.16. The van der Waals surface area contributed by atoms with E-state index in [1.807, 2.05) is 0 Å². The first kappa shape index (κ1) is 10.6. The largest absolute Gasteiger partial charge is 0.383 e. The molecule has 92 valence electrons. The molecule has 0 saturated heterocycles. The zero-order valence-electron chi connectivity index (χ0n) is 9.78. The second-order valence-electron chi connectivity index (χ2n) is 5.34. The summed E-state index contributed by atoms with van der Waals surface area (Å²) in [6.07, 6.45) is 6.87. The molecule has 3 rings (SSSR count). The molecule has 5 nitrogen and oxygen atoms in total. The van der Waals surface area contributed by atoms with Gasteiger partial charge in [-0.3, -0.25) is 9.89 Å². The van der Waals surface area contributed by atoms with Crippen molar-refractivity contribution in [2.24, 2.45) is 17.8 Å². The number of amides is 1. The third-order valence-electron chi connectivity index (χ3n) is 4.32. The Morgan fingerprint density at radius 3 is 3.00 bits per heavy atom. The summed E-state index contributed by atoms with van der Waals surface area (Å²) in [6.45, 7) is 0.782. The van der Waals surface area contributed by atoms with Gasteiger partial charge in [0.2, 0.25) is 0 Å². The molecule has 1 aromatic rings. The lowest BCUT2D eigenvalue weighted by atomic mass is 9.89. The first-order valence-electron chi connectivity index (χ1n) is 6.31. The number of aromatic amines is 1. The van der Waals surface area contributed by atoms with E-state index in [-0.39, 0.29) is 5.91 Å². The molecule has 0 aromatic carbocycles. The number of fused-ring (bicyclic) bond motifs is 2. The predicted molar refractivity (Wildman–Crippen MR) is 64.3 cm³/mol. The van der Waals surface area contributed by atoms with Crippen LogP contribution in [0.5, 0.6) is 0 Å². The molecule has 3 atom stereocenters. The maximum absolute atomic E-state index is 11.8. The lowest BCUT2D eigenvalue weighted by Gasteiger charge is -2.21. The van der Waals surface area contributed by atoms with Gasteiger partial charge in [0.1, 0.15) is 11.4 Å². The molecule has 2 bridgehead atoms. The highest BCUT2D eigenvalue weighted by molar-refractivity contribution is 5.98. The van der Waals surface area contributed by atoms with E-state index >= 15 is 0 Å². The van der Waals surface area contributed by atoms with E-state index in [9.17, 15) is 4.79 Å². The van der Waals surface area contributed by atoms with Crippen LogP contribution >= 0.6 is 0 Å². The molecule has 4 N–H and O–H groups in total. The van der Waals surface area contributed by atoms with Crippen molar-refractivity contribution in [3.05, 3.63) is 11.8 Å². The third-order valence-corrected chi connectivity index (χ3v) is 4.32. The summed E-state index contributed by atoms with van der Waals surface area (Å²) in [6, 6.07) is 0. The average molecular weight is 234 g/mol. The summed E-state index contributed by atoms with van der Waals surface area (Å²) in [5.74, 6) is 2.66. The van der Waals surface area contributed by atoms with Crippen molar-refractivity contribution in [3.8, 4) is 0 Å². The molecule has 3 unspecified atom stereocenters.